The fourth-order valence-electron chi connectivity index (χ4n) is 2.62. The van der Waals surface area contributed by atoms with Crippen LogP contribution in [0.4, 0.5) is 4.79 Å². The number of benzene rings is 2. The van der Waals surface area contributed by atoms with E-state index in [2.05, 4.69) is 29.7 Å². The van der Waals surface area contributed by atoms with Crippen LogP contribution >= 0.6 is 0 Å². The Kier molecular flexibility index (Phi) is 7.73. The SMILES string of the molecule is CCc1ccc(-c2ccc(C(=O)NC(CNC(=O)N(C)C)C(=O)NO)cc2)cc1. The van der Waals surface area contributed by atoms with Gasteiger partial charge in [-0.2, -0.15) is 0 Å². The molecule has 29 heavy (non-hydrogen) atoms. The maximum Gasteiger partial charge on any atom is 0.316 e. The second-order valence-electron chi connectivity index (χ2n) is 6.71. The van der Waals surface area contributed by atoms with Crippen LogP contribution in [0, 0.1) is 0 Å². The van der Waals surface area contributed by atoms with Gasteiger partial charge in [-0.25, -0.2) is 10.3 Å². The topological polar surface area (TPSA) is 111 Å². The summed E-state index contributed by atoms with van der Waals surface area (Å²) >= 11 is 0. The number of aryl methyl sites for hydroxylation is 1. The Labute approximate surface area is 169 Å². The molecule has 1 atom stereocenters. The van der Waals surface area contributed by atoms with Crippen molar-refractivity contribution in [3.63, 3.8) is 0 Å². The van der Waals surface area contributed by atoms with Crippen molar-refractivity contribution in [3.8, 4) is 11.1 Å². The van der Waals surface area contributed by atoms with Crippen molar-refractivity contribution >= 4 is 17.8 Å². The van der Waals surface area contributed by atoms with E-state index in [1.54, 1.807) is 26.2 Å². The first kappa shape index (κ1) is 21.9. The van der Waals surface area contributed by atoms with E-state index < -0.39 is 23.9 Å². The molecule has 0 spiro atoms. The second-order valence-corrected chi connectivity index (χ2v) is 6.71. The van der Waals surface area contributed by atoms with Gasteiger partial charge in [-0.15, -0.1) is 0 Å². The molecule has 2 rings (SSSR count). The third-order valence-corrected chi connectivity index (χ3v) is 4.44. The lowest BCUT2D eigenvalue weighted by Crippen LogP contribution is -2.53. The second kappa shape index (κ2) is 10.2. The maximum atomic E-state index is 12.5. The van der Waals surface area contributed by atoms with Gasteiger partial charge in [0.15, 0.2) is 0 Å². The van der Waals surface area contributed by atoms with Gasteiger partial charge in [0.25, 0.3) is 11.8 Å². The summed E-state index contributed by atoms with van der Waals surface area (Å²) in [5.74, 6) is -1.32. The Balaban J connectivity index is 2.06. The Bertz CT molecular complexity index is 848. The number of amides is 4. The van der Waals surface area contributed by atoms with E-state index in [0.717, 1.165) is 17.5 Å². The lowest BCUT2D eigenvalue weighted by molar-refractivity contribution is -0.131. The van der Waals surface area contributed by atoms with Crippen molar-refractivity contribution in [3.05, 3.63) is 59.7 Å². The molecule has 4 N–H and O–H groups in total. The minimum absolute atomic E-state index is 0.170. The molecular formula is C21H26N4O4. The van der Waals surface area contributed by atoms with Crippen LogP contribution in [0.1, 0.15) is 22.8 Å². The highest BCUT2D eigenvalue weighted by atomic mass is 16.5. The molecule has 0 saturated carbocycles. The van der Waals surface area contributed by atoms with Crippen LogP contribution in [0.3, 0.4) is 0 Å². The quantitative estimate of drug-likeness (QED) is 0.421. The van der Waals surface area contributed by atoms with Crippen molar-refractivity contribution in [1.82, 2.24) is 21.0 Å². The predicted octanol–water partition coefficient (Wildman–Crippen LogP) is 1.79. The van der Waals surface area contributed by atoms with Crippen LogP contribution in [0.5, 0.6) is 0 Å². The Morgan fingerprint density at radius 1 is 0.966 bits per heavy atom. The molecule has 0 aliphatic carbocycles. The minimum atomic E-state index is -1.13. The fraction of sp³-hybridized carbons (Fsp3) is 0.286. The van der Waals surface area contributed by atoms with E-state index >= 15 is 0 Å². The highest BCUT2D eigenvalue weighted by molar-refractivity contribution is 5.98. The first-order valence-electron chi connectivity index (χ1n) is 9.25. The van der Waals surface area contributed by atoms with E-state index in [-0.39, 0.29) is 6.54 Å². The van der Waals surface area contributed by atoms with Crippen LogP contribution in [0.15, 0.2) is 48.5 Å². The summed E-state index contributed by atoms with van der Waals surface area (Å²) in [6.45, 7) is 1.93. The summed E-state index contributed by atoms with van der Waals surface area (Å²) in [5, 5.41) is 13.9. The lowest BCUT2D eigenvalue weighted by atomic mass is 10.0. The molecule has 4 amide bonds. The molecule has 0 saturated heterocycles. The molecule has 1 unspecified atom stereocenters. The normalized spacial score (nSPS) is 11.3. The standard InChI is InChI=1S/C21H26N4O4/c1-4-14-5-7-15(8-6-14)16-9-11-17(12-10-16)19(26)23-18(20(27)24-29)13-22-21(28)25(2)3/h5-12,18,29H,4,13H2,1-3H3,(H,22,28)(H,23,26)(H,24,27). The number of urea groups is 1. The van der Waals surface area contributed by atoms with Crippen molar-refractivity contribution < 1.29 is 19.6 Å². The number of hydrogen-bond acceptors (Lipinski definition) is 4. The predicted molar refractivity (Wildman–Crippen MR) is 110 cm³/mol. The molecule has 2 aromatic carbocycles. The molecular weight excluding hydrogens is 372 g/mol. The van der Waals surface area contributed by atoms with Crippen molar-refractivity contribution in [1.29, 1.82) is 0 Å². The highest BCUT2D eigenvalue weighted by Gasteiger charge is 2.22. The first-order valence-corrected chi connectivity index (χ1v) is 9.25. The van der Waals surface area contributed by atoms with E-state index in [1.807, 2.05) is 24.3 Å². The molecule has 0 heterocycles. The fourth-order valence-corrected chi connectivity index (χ4v) is 2.62. The summed E-state index contributed by atoms with van der Waals surface area (Å²) in [7, 11) is 3.10. The van der Waals surface area contributed by atoms with Crippen LogP contribution in [0.25, 0.3) is 11.1 Å². The van der Waals surface area contributed by atoms with Gasteiger partial charge in [0.2, 0.25) is 0 Å². The number of nitrogens with zero attached hydrogens (tertiary/aromatic N) is 1. The molecule has 0 aliphatic rings. The zero-order valence-electron chi connectivity index (χ0n) is 16.7. The number of nitrogens with one attached hydrogen (secondary N) is 3. The number of hydroxylamine groups is 1. The molecule has 154 valence electrons. The van der Waals surface area contributed by atoms with Crippen molar-refractivity contribution in [2.45, 2.75) is 19.4 Å². The molecule has 0 aromatic heterocycles. The smallest absolute Gasteiger partial charge is 0.316 e. The largest absolute Gasteiger partial charge is 0.339 e. The van der Waals surface area contributed by atoms with Gasteiger partial charge in [0, 0.05) is 26.2 Å². The van der Waals surface area contributed by atoms with Crippen LogP contribution in [-0.4, -0.2) is 54.6 Å². The zero-order chi connectivity index (χ0) is 21.4. The van der Waals surface area contributed by atoms with Crippen molar-refractivity contribution in [2.75, 3.05) is 20.6 Å². The summed E-state index contributed by atoms with van der Waals surface area (Å²) in [5.41, 5.74) is 5.11. The molecule has 0 bridgehead atoms. The maximum absolute atomic E-state index is 12.5. The first-order chi connectivity index (χ1) is 13.8. The van der Waals surface area contributed by atoms with E-state index in [9.17, 15) is 14.4 Å². The highest BCUT2D eigenvalue weighted by Crippen LogP contribution is 2.20. The zero-order valence-corrected chi connectivity index (χ0v) is 16.7. The van der Waals surface area contributed by atoms with Gasteiger partial charge in [-0.1, -0.05) is 43.3 Å². The molecule has 0 fully saturated rings. The van der Waals surface area contributed by atoms with E-state index in [1.165, 1.54) is 15.9 Å². The van der Waals surface area contributed by atoms with Gasteiger partial charge in [0.1, 0.15) is 6.04 Å². The van der Waals surface area contributed by atoms with Gasteiger partial charge < -0.3 is 15.5 Å². The number of rotatable bonds is 7. The summed E-state index contributed by atoms with van der Waals surface area (Å²) in [6.07, 6.45) is 0.969. The van der Waals surface area contributed by atoms with E-state index in [0.29, 0.717) is 5.56 Å². The number of hydrogen-bond donors (Lipinski definition) is 4. The Hall–Kier alpha value is -3.39. The van der Waals surface area contributed by atoms with Crippen LogP contribution in [-0.2, 0) is 11.2 Å². The summed E-state index contributed by atoms with van der Waals surface area (Å²) in [4.78, 5) is 37.2. The molecule has 8 heteroatoms. The third-order valence-electron chi connectivity index (χ3n) is 4.44. The molecule has 0 radical (unpaired) electrons. The number of carbonyl (C=O) groups excluding carboxylic acids is 3. The molecule has 0 aliphatic heterocycles. The van der Waals surface area contributed by atoms with E-state index in [4.69, 9.17) is 5.21 Å². The van der Waals surface area contributed by atoms with Crippen LogP contribution in [0.2, 0.25) is 0 Å². The summed E-state index contributed by atoms with van der Waals surface area (Å²) in [6, 6.07) is 13.6. The monoisotopic (exact) mass is 398 g/mol. The summed E-state index contributed by atoms with van der Waals surface area (Å²) < 4.78 is 0. The Morgan fingerprint density at radius 3 is 2.00 bits per heavy atom. The minimum Gasteiger partial charge on any atom is -0.339 e. The van der Waals surface area contributed by atoms with Gasteiger partial charge in [0.05, 0.1) is 0 Å². The molecule has 8 nitrogen and oxygen atoms in total. The average Bonchev–Trinajstić information content (AvgIpc) is 2.75. The average molecular weight is 398 g/mol. The van der Waals surface area contributed by atoms with Gasteiger partial charge in [-0.05, 0) is 35.2 Å². The Morgan fingerprint density at radius 2 is 1.52 bits per heavy atom. The third kappa shape index (κ3) is 6.05. The van der Waals surface area contributed by atoms with Crippen molar-refractivity contribution in [2.24, 2.45) is 0 Å². The lowest BCUT2D eigenvalue weighted by Gasteiger charge is -2.19. The van der Waals surface area contributed by atoms with Gasteiger partial charge in [-0.3, -0.25) is 14.8 Å². The number of carbonyl (C=O) groups is 3. The van der Waals surface area contributed by atoms with Crippen LogP contribution < -0.4 is 16.1 Å². The molecule has 2 aromatic rings. The van der Waals surface area contributed by atoms with Gasteiger partial charge >= 0.3 is 6.03 Å².